The Morgan fingerprint density at radius 1 is 1.36 bits per heavy atom. The molecule has 0 unspecified atom stereocenters. The van der Waals surface area contributed by atoms with Crippen molar-refractivity contribution in [2.75, 3.05) is 13.6 Å². The van der Waals surface area contributed by atoms with Crippen molar-refractivity contribution in [1.82, 2.24) is 16.2 Å². The van der Waals surface area contributed by atoms with E-state index < -0.39 is 0 Å². The largest absolute Gasteiger partial charge is 0.346 e. The topological polar surface area (TPSA) is 53.2 Å². The number of hydrogen-bond acceptors (Lipinski definition) is 3. The smallest absolute Gasteiger partial charge is 0.235 e. The molecule has 0 saturated heterocycles. The summed E-state index contributed by atoms with van der Waals surface area (Å²) >= 11 is 0. The molecule has 14 heavy (non-hydrogen) atoms. The zero-order valence-corrected chi connectivity index (χ0v) is 8.08. The lowest BCUT2D eigenvalue weighted by atomic mass is 10.2. The van der Waals surface area contributed by atoms with Gasteiger partial charge in [-0.25, -0.2) is 5.43 Å². The van der Waals surface area contributed by atoms with E-state index in [1.807, 2.05) is 30.3 Å². The predicted octanol–water partition coefficient (Wildman–Crippen LogP) is 0.0367. The highest BCUT2D eigenvalue weighted by molar-refractivity contribution is 5.79. The Bertz CT molecular complexity index is 274. The van der Waals surface area contributed by atoms with Crippen LogP contribution in [0.5, 0.6) is 0 Å². The molecule has 1 rings (SSSR count). The highest BCUT2D eigenvalue weighted by Crippen LogP contribution is 1.98. The first-order valence-corrected chi connectivity index (χ1v) is 4.40. The average Bonchev–Trinajstić information content (AvgIpc) is 2.25. The van der Waals surface area contributed by atoms with E-state index in [4.69, 9.17) is 0 Å². The SMILES string of the molecule is CNNCC(=O)N[CH]c1ccccc1. The maximum absolute atomic E-state index is 11.1. The fourth-order valence-corrected chi connectivity index (χ4v) is 0.933. The first-order valence-electron chi connectivity index (χ1n) is 4.40. The third kappa shape index (κ3) is 4.02. The van der Waals surface area contributed by atoms with Gasteiger partial charge in [0, 0.05) is 0 Å². The first-order chi connectivity index (χ1) is 6.83. The van der Waals surface area contributed by atoms with Crippen LogP contribution in [0.2, 0.25) is 0 Å². The molecule has 1 amide bonds. The van der Waals surface area contributed by atoms with E-state index in [2.05, 4.69) is 16.2 Å². The molecule has 1 aromatic rings. The van der Waals surface area contributed by atoms with Gasteiger partial charge in [0.1, 0.15) is 0 Å². The van der Waals surface area contributed by atoms with Gasteiger partial charge in [-0.05, 0) is 12.6 Å². The molecular weight excluding hydrogens is 178 g/mol. The van der Waals surface area contributed by atoms with Gasteiger partial charge in [-0.15, -0.1) is 0 Å². The van der Waals surface area contributed by atoms with Crippen molar-refractivity contribution in [2.45, 2.75) is 0 Å². The quantitative estimate of drug-likeness (QED) is 0.577. The van der Waals surface area contributed by atoms with Crippen molar-refractivity contribution in [1.29, 1.82) is 0 Å². The van der Waals surface area contributed by atoms with E-state index in [1.54, 1.807) is 13.6 Å². The number of hydrogen-bond donors (Lipinski definition) is 3. The highest BCUT2D eigenvalue weighted by atomic mass is 16.2. The van der Waals surface area contributed by atoms with Gasteiger partial charge in [0.15, 0.2) is 0 Å². The van der Waals surface area contributed by atoms with Gasteiger partial charge in [-0.1, -0.05) is 30.3 Å². The van der Waals surface area contributed by atoms with Gasteiger partial charge in [0.05, 0.1) is 13.1 Å². The molecule has 1 aromatic carbocycles. The summed E-state index contributed by atoms with van der Waals surface area (Å²) in [6.07, 6.45) is 0. The second-order valence-corrected chi connectivity index (χ2v) is 2.73. The molecule has 0 atom stereocenters. The van der Waals surface area contributed by atoms with Crippen molar-refractivity contribution >= 4 is 5.91 Å². The summed E-state index contributed by atoms with van der Waals surface area (Å²) in [7, 11) is 1.72. The fraction of sp³-hybridized carbons (Fsp3) is 0.200. The van der Waals surface area contributed by atoms with Gasteiger partial charge in [-0.2, -0.15) is 0 Å². The summed E-state index contributed by atoms with van der Waals surface area (Å²) in [4.78, 5) is 11.1. The number of nitrogens with one attached hydrogen (secondary N) is 3. The minimum Gasteiger partial charge on any atom is -0.346 e. The van der Waals surface area contributed by atoms with E-state index in [0.717, 1.165) is 5.56 Å². The van der Waals surface area contributed by atoms with Crippen LogP contribution >= 0.6 is 0 Å². The second-order valence-electron chi connectivity index (χ2n) is 2.73. The van der Waals surface area contributed by atoms with Crippen LogP contribution in [0, 0.1) is 6.54 Å². The molecule has 0 spiro atoms. The van der Waals surface area contributed by atoms with E-state index in [-0.39, 0.29) is 12.5 Å². The fourth-order valence-electron chi connectivity index (χ4n) is 0.933. The summed E-state index contributed by atoms with van der Waals surface area (Å²) in [5, 5.41) is 2.67. The maximum atomic E-state index is 11.1. The first kappa shape index (κ1) is 10.7. The number of carbonyl (C=O) groups is 1. The van der Waals surface area contributed by atoms with Crippen LogP contribution in [-0.2, 0) is 4.79 Å². The third-order valence-corrected chi connectivity index (χ3v) is 1.63. The lowest BCUT2D eigenvalue weighted by Gasteiger charge is -2.04. The number of hydrazine groups is 1. The van der Waals surface area contributed by atoms with Crippen molar-refractivity contribution < 1.29 is 4.79 Å². The lowest BCUT2D eigenvalue weighted by molar-refractivity contribution is -0.119. The molecule has 0 aromatic heterocycles. The van der Waals surface area contributed by atoms with E-state index in [1.165, 1.54) is 0 Å². The number of amides is 1. The summed E-state index contributed by atoms with van der Waals surface area (Å²) in [5.74, 6) is -0.0804. The predicted molar refractivity (Wildman–Crippen MR) is 55.0 cm³/mol. The molecule has 0 saturated carbocycles. The van der Waals surface area contributed by atoms with Crippen LogP contribution in [0.3, 0.4) is 0 Å². The summed E-state index contributed by atoms with van der Waals surface area (Å²) in [6.45, 7) is 1.93. The van der Waals surface area contributed by atoms with Crippen LogP contribution < -0.4 is 16.2 Å². The van der Waals surface area contributed by atoms with Gasteiger partial charge in [0.2, 0.25) is 5.91 Å². The molecule has 75 valence electrons. The van der Waals surface area contributed by atoms with Gasteiger partial charge < -0.3 is 5.32 Å². The van der Waals surface area contributed by atoms with Gasteiger partial charge >= 0.3 is 0 Å². The summed E-state index contributed by atoms with van der Waals surface area (Å²) < 4.78 is 0. The van der Waals surface area contributed by atoms with E-state index in [0.29, 0.717) is 0 Å². The van der Waals surface area contributed by atoms with Crippen molar-refractivity contribution in [3.05, 3.63) is 42.4 Å². The standard InChI is InChI=1S/C10H14N3O/c1-11-13-8-10(14)12-7-9-5-3-2-4-6-9/h2-7,11,13H,8H2,1H3,(H,12,14). The third-order valence-electron chi connectivity index (χ3n) is 1.63. The summed E-state index contributed by atoms with van der Waals surface area (Å²) in [5.41, 5.74) is 6.35. The molecule has 0 aliphatic rings. The maximum Gasteiger partial charge on any atom is 0.235 e. The van der Waals surface area contributed by atoms with Crippen molar-refractivity contribution in [3.8, 4) is 0 Å². The normalized spacial score (nSPS) is 9.79. The molecule has 1 radical (unpaired) electrons. The Morgan fingerprint density at radius 3 is 2.71 bits per heavy atom. The molecule has 0 heterocycles. The van der Waals surface area contributed by atoms with Crippen LogP contribution in [0.15, 0.2) is 30.3 Å². The Kier molecular flexibility index (Phi) is 4.68. The highest BCUT2D eigenvalue weighted by Gasteiger charge is 1.99. The van der Waals surface area contributed by atoms with Crippen LogP contribution in [0.1, 0.15) is 5.56 Å². The Hall–Kier alpha value is -1.39. The molecule has 0 aliphatic carbocycles. The Morgan fingerprint density at radius 2 is 2.07 bits per heavy atom. The van der Waals surface area contributed by atoms with Crippen LogP contribution in [0.4, 0.5) is 0 Å². The molecule has 0 bridgehead atoms. The zero-order valence-electron chi connectivity index (χ0n) is 8.08. The number of carbonyl (C=O) groups excluding carboxylic acids is 1. The molecule has 0 aliphatic heterocycles. The molecular formula is C10H14N3O. The van der Waals surface area contributed by atoms with Crippen molar-refractivity contribution in [3.63, 3.8) is 0 Å². The van der Waals surface area contributed by atoms with E-state index in [9.17, 15) is 4.79 Å². The minimum atomic E-state index is -0.0804. The molecule has 4 heteroatoms. The molecule has 3 N–H and O–H groups in total. The average molecular weight is 192 g/mol. The lowest BCUT2D eigenvalue weighted by Crippen LogP contribution is -2.38. The van der Waals surface area contributed by atoms with Crippen molar-refractivity contribution in [2.24, 2.45) is 0 Å². The van der Waals surface area contributed by atoms with E-state index >= 15 is 0 Å². The van der Waals surface area contributed by atoms with Gasteiger partial charge in [0.25, 0.3) is 0 Å². The number of rotatable bonds is 5. The Labute approximate surface area is 83.7 Å². The van der Waals surface area contributed by atoms with Gasteiger partial charge in [-0.3, -0.25) is 10.2 Å². The monoisotopic (exact) mass is 192 g/mol. The number of benzene rings is 1. The van der Waals surface area contributed by atoms with Crippen LogP contribution in [0.25, 0.3) is 0 Å². The van der Waals surface area contributed by atoms with Crippen LogP contribution in [-0.4, -0.2) is 19.5 Å². The summed E-state index contributed by atoms with van der Waals surface area (Å²) in [6, 6.07) is 9.62. The zero-order chi connectivity index (χ0) is 10.2. The Balaban J connectivity index is 2.24. The second kappa shape index (κ2) is 6.12. The minimum absolute atomic E-state index is 0.0804. The molecule has 4 nitrogen and oxygen atoms in total. The molecule has 0 fully saturated rings.